The molecule has 0 heterocycles. The van der Waals surface area contributed by atoms with Gasteiger partial charge in [0.15, 0.2) is 0 Å². The Bertz CT molecular complexity index is 219. The largest absolute Gasteiger partial charge is 0.394 e. The van der Waals surface area contributed by atoms with Gasteiger partial charge in [0.1, 0.15) is 0 Å². The molecule has 2 saturated carbocycles. The average Bonchev–Trinajstić information content (AvgIpc) is 3.12. The van der Waals surface area contributed by atoms with Crippen LogP contribution >= 0.6 is 0 Å². The summed E-state index contributed by atoms with van der Waals surface area (Å²) < 4.78 is 0. The SMILES string of the molecule is CC1CCC(CNC(C)(CO)C2CC2)CC1. The van der Waals surface area contributed by atoms with Gasteiger partial charge in [0.05, 0.1) is 6.61 Å². The van der Waals surface area contributed by atoms with E-state index in [0.717, 1.165) is 24.3 Å². The molecule has 2 N–H and O–H groups in total. The van der Waals surface area contributed by atoms with E-state index in [1.165, 1.54) is 38.5 Å². The maximum Gasteiger partial charge on any atom is 0.0613 e. The highest BCUT2D eigenvalue weighted by molar-refractivity contribution is 4.97. The standard InChI is InChI=1S/C14H27NO/c1-11-3-5-12(6-4-11)9-15-14(2,10-16)13-7-8-13/h11-13,15-16H,3-10H2,1-2H3. The summed E-state index contributed by atoms with van der Waals surface area (Å²) in [6.07, 6.45) is 8.13. The van der Waals surface area contributed by atoms with Gasteiger partial charge in [-0.3, -0.25) is 0 Å². The molecule has 0 spiro atoms. The van der Waals surface area contributed by atoms with Crippen LogP contribution in [0.25, 0.3) is 0 Å². The van der Waals surface area contributed by atoms with Crippen LogP contribution in [0.15, 0.2) is 0 Å². The Morgan fingerprint density at radius 2 is 1.75 bits per heavy atom. The van der Waals surface area contributed by atoms with Crippen molar-refractivity contribution in [3.05, 3.63) is 0 Å². The van der Waals surface area contributed by atoms with Crippen LogP contribution in [0.2, 0.25) is 0 Å². The zero-order valence-corrected chi connectivity index (χ0v) is 10.8. The van der Waals surface area contributed by atoms with Crippen molar-refractivity contribution in [2.24, 2.45) is 17.8 Å². The minimum atomic E-state index is 0.00304. The van der Waals surface area contributed by atoms with E-state index in [9.17, 15) is 5.11 Å². The normalized spacial score (nSPS) is 34.7. The van der Waals surface area contributed by atoms with Crippen LogP contribution in [-0.2, 0) is 0 Å². The molecule has 2 rings (SSSR count). The molecule has 94 valence electrons. The molecule has 0 aliphatic heterocycles. The van der Waals surface area contributed by atoms with E-state index in [-0.39, 0.29) is 5.54 Å². The van der Waals surface area contributed by atoms with Crippen molar-refractivity contribution < 1.29 is 5.11 Å². The van der Waals surface area contributed by atoms with Crippen LogP contribution in [0, 0.1) is 17.8 Å². The van der Waals surface area contributed by atoms with E-state index in [1.54, 1.807) is 0 Å². The Morgan fingerprint density at radius 1 is 1.12 bits per heavy atom. The Kier molecular flexibility index (Phi) is 3.91. The summed E-state index contributed by atoms with van der Waals surface area (Å²) in [5.74, 6) is 2.50. The van der Waals surface area contributed by atoms with Crippen LogP contribution in [-0.4, -0.2) is 23.8 Å². The predicted molar refractivity (Wildman–Crippen MR) is 67.3 cm³/mol. The van der Waals surface area contributed by atoms with Gasteiger partial charge in [-0.1, -0.05) is 19.8 Å². The minimum Gasteiger partial charge on any atom is -0.394 e. The Hall–Kier alpha value is -0.0800. The van der Waals surface area contributed by atoms with Crippen LogP contribution < -0.4 is 5.32 Å². The molecule has 0 saturated heterocycles. The molecule has 1 unspecified atom stereocenters. The molecule has 0 aromatic rings. The number of aliphatic hydroxyl groups excluding tert-OH is 1. The second-order valence-electron chi connectivity index (χ2n) is 6.36. The summed E-state index contributed by atoms with van der Waals surface area (Å²) >= 11 is 0. The van der Waals surface area contributed by atoms with Gasteiger partial charge in [0, 0.05) is 5.54 Å². The molecule has 0 aromatic heterocycles. The lowest BCUT2D eigenvalue weighted by atomic mass is 9.82. The number of hydrogen-bond acceptors (Lipinski definition) is 2. The van der Waals surface area contributed by atoms with Crippen molar-refractivity contribution in [1.29, 1.82) is 0 Å². The molecule has 0 bridgehead atoms. The summed E-state index contributed by atoms with van der Waals surface area (Å²) in [6, 6.07) is 0. The van der Waals surface area contributed by atoms with Gasteiger partial charge in [0.25, 0.3) is 0 Å². The highest BCUT2D eigenvalue weighted by atomic mass is 16.3. The topological polar surface area (TPSA) is 32.3 Å². The van der Waals surface area contributed by atoms with Crippen LogP contribution in [0.4, 0.5) is 0 Å². The van der Waals surface area contributed by atoms with Gasteiger partial charge >= 0.3 is 0 Å². The second kappa shape index (κ2) is 5.05. The quantitative estimate of drug-likeness (QED) is 0.753. The molecule has 0 aromatic carbocycles. The molecule has 2 fully saturated rings. The van der Waals surface area contributed by atoms with Crippen LogP contribution in [0.1, 0.15) is 52.4 Å². The lowest BCUT2D eigenvalue weighted by Gasteiger charge is -2.33. The van der Waals surface area contributed by atoms with Gasteiger partial charge in [0.2, 0.25) is 0 Å². The van der Waals surface area contributed by atoms with E-state index in [2.05, 4.69) is 19.2 Å². The van der Waals surface area contributed by atoms with Crippen molar-refractivity contribution in [3.63, 3.8) is 0 Å². The molecular weight excluding hydrogens is 198 g/mol. The van der Waals surface area contributed by atoms with Gasteiger partial charge in [-0.2, -0.15) is 0 Å². The fourth-order valence-electron chi connectivity index (χ4n) is 2.96. The van der Waals surface area contributed by atoms with E-state index in [0.29, 0.717) is 6.61 Å². The van der Waals surface area contributed by atoms with Crippen molar-refractivity contribution in [3.8, 4) is 0 Å². The number of nitrogens with one attached hydrogen (secondary N) is 1. The first kappa shape index (κ1) is 12.4. The van der Waals surface area contributed by atoms with Crippen molar-refractivity contribution in [2.75, 3.05) is 13.2 Å². The van der Waals surface area contributed by atoms with E-state index >= 15 is 0 Å². The Balaban J connectivity index is 1.73. The highest BCUT2D eigenvalue weighted by Gasteiger charge is 2.40. The Morgan fingerprint density at radius 3 is 2.25 bits per heavy atom. The van der Waals surface area contributed by atoms with E-state index < -0.39 is 0 Å². The Labute approximate surface area is 99.8 Å². The lowest BCUT2D eigenvalue weighted by molar-refractivity contribution is 0.143. The summed E-state index contributed by atoms with van der Waals surface area (Å²) in [6.45, 7) is 5.96. The lowest BCUT2D eigenvalue weighted by Crippen LogP contribution is -2.49. The molecule has 0 radical (unpaired) electrons. The number of rotatable bonds is 5. The van der Waals surface area contributed by atoms with Gasteiger partial charge in [-0.15, -0.1) is 0 Å². The third-order valence-electron chi connectivity index (χ3n) is 4.74. The zero-order valence-electron chi connectivity index (χ0n) is 10.8. The summed E-state index contributed by atoms with van der Waals surface area (Å²) in [5, 5.41) is 13.1. The molecule has 2 aliphatic carbocycles. The van der Waals surface area contributed by atoms with E-state index in [4.69, 9.17) is 0 Å². The molecule has 16 heavy (non-hydrogen) atoms. The average molecular weight is 225 g/mol. The fourth-order valence-corrected chi connectivity index (χ4v) is 2.96. The third kappa shape index (κ3) is 2.98. The highest BCUT2D eigenvalue weighted by Crippen LogP contribution is 2.39. The fraction of sp³-hybridized carbons (Fsp3) is 1.00. The number of hydrogen-bond donors (Lipinski definition) is 2. The monoisotopic (exact) mass is 225 g/mol. The zero-order chi connectivity index (χ0) is 11.6. The minimum absolute atomic E-state index is 0.00304. The molecule has 2 nitrogen and oxygen atoms in total. The van der Waals surface area contributed by atoms with Crippen LogP contribution in [0.3, 0.4) is 0 Å². The van der Waals surface area contributed by atoms with Crippen LogP contribution in [0.5, 0.6) is 0 Å². The van der Waals surface area contributed by atoms with Crippen molar-refractivity contribution in [1.82, 2.24) is 5.32 Å². The maximum absolute atomic E-state index is 9.50. The molecule has 0 amide bonds. The smallest absolute Gasteiger partial charge is 0.0613 e. The van der Waals surface area contributed by atoms with Crippen molar-refractivity contribution in [2.45, 2.75) is 57.9 Å². The third-order valence-corrected chi connectivity index (χ3v) is 4.74. The first-order valence-electron chi connectivity index (χ1n) is 7.00. The summed E-state index contributed by atoms with van der Waals surface area (Å²) in [7, 11) is 0. The van der Waals surface area contributed by atoms with Gasteiger partial charge in [-0.25, -0.2) is 0 Å². The second-order valence-corrected chi connectivity index (χ2v) is 6.36. The van der Waals surface area contributed by atoms with E-state index in [1.807, 2.05) is 0 Å². The molecule has 2 aliphatic rings. The van der Waals surface area contributed by atoms with Gasteiger partial charge in [-0.05, 0) is 56.9 Å². The first-order chi connectivity index (χ1) is 7.64. The molecule has 2 heteroatoms. The molecular formula is C14H27NO. The van der Waals surface area contributed by atoms with Crippen molar-refractivity contribution >= 4 is 0 Å². The maximum atomic E-state index is 9.50. The van der Waals surface area contributed by atoms with Gasteiger partial charge < -0.3 is 10.4 Å². The first-order valence-corrected chi connectivity index (χ1v) is 7.00. The molecule has 1 atom stereocenters. The summed E-state index contributed by atoms with van der Waals surface area (Å²) in [4.78, 5) is 0. The summed E-state index contributed by atoms with van der Waals surface area (Å²) in [5.41, 5.74) is 0.00304. The predicted octanol–water partition coefficient (Wildman–Crippen LogP) is 2.56. The number of aliphatic hydroxyl groups is 1.